The van der Waals surface area contributed by atoms with E-state index in [9.17, 15) is 0 Å². The van der Waals surface area contributed by atoms with Crippen LogP contribution in [0.15, 0.2) is 24.3 Å². The van der Waals surface area contributed by atoms with E-state index in [0.717, 1.165) is 25.3 Å². The number of benzene rings is 1. The average molecular weight is 230 g/mol. The molecule has 0 aliphatic carbocycles. The second kappa shape index (κ2) is 5.07. The lowest BCUT2D eigenvalue weighted by atomic mass is 10.1. The van der Waals surface area contributed by atoms with E-state index in [1.165, 1.54) is 5.69 Å². The summed E-state index contributed by atoms with van der Waals surface area (Å²) in [6, 6.07) is 10.5. The molecule has 1 heterocycles. The van der Waals surface area contributed by atoms with Crippen molar-refractivity contribution in [3.8, 4) is 6.07 Å². The first kappa shape index (κ1) is 11.7. The smallest absolute Gasteiger partial charge is 0.0638 e. The molecule has 4 nitrogen and oxygen atoms in total. The van der Waals surface area contributed by atoms with Crippen molar-refractivity contribution >= 4 is 11.4 Å². The van der Waals surface area contributed by atoms with E-state index in [2.05, 4.69) is 22.9 Å². The largest absolute Gasteiger partial charge is 0.399 e. The SMILES string of the molecule is CN1CCN(c2ccc(N)cc2)CC1CC#N. The molecule has 1 aromatic rings. The third-order valence-corrected chi connectivity index (χ3v) is 3.36. The summed E-state index contributed by atoms with van der Waals surface area (Å²) in [6.45, 7) is 2.91. The molecule has 1 fully saturated rings. The number of nitrogens with zero attached hydrogens (tertiary/aromatic N) is 3. The number of piperazine rings is 1. The van der Waals surface area contributed by atoms with Gasteiger partial charge in [-0.2, -0.15) is 5.26 Å². The van der Waals surface area contributed by atoms with Gasteiger partial charge in [-0.25, -0.2) is 0 Å². The maximum Gasteiger partial charge on any atom is 0.0638 e. The van der Waals surface area contributed by atoms with Gasteiger partial charge in [0.25, 0.3) is 0 Å². The summed E-state index contributed by atoms with van der Waals surface area (Å²) in [6.07, 6.45) is 0.585. The van der Waals surface area contributed by atoms with Gasteiger partial charge in [-0.15, -0.1) is 0 Å². The van der Waals surface area contributed by atoms with Crippen molar-refractivity contribution in [1.29, 1.82) is 5.26 Å². The van der Waals surface area contributed by atoms with Crippen molar-refractivity contribution in [1.82, 2.24) is 4.90 Å². The molecule has 1 aromatic carbocycles. The monoisotopic (exact) mass is 230 g/mol. The van der Waals surface area contributed by atoms with Crippen molar-refractivity contribution in [2.45, 2.75) is 12.5 Å². The van der Waals surface area contributed by atoms with Crippen molar-refractivity contribution in [2.24, 2.45) is 0 Å². The Labute approximate surface area is 102 Å². The summed E-state index contributed by atoms with van der Waals surface area (Å²) < 4.78 is 0. The molecule has 17 heavy (non-hydrogen) atoms. The van der Waals surface area contributed by atoms with Gasteiger partial charge in [-0.1, -0.05) is 0 Å². The molecule has 0 saturated carbocycles. The molecular formula is C13H18N4. The van der Waals surface area contributed by atoms with E-state index >= 15 is 0 Å². The molecule has 1 aliphatic rings. The summed E-state index contributed by atoms with van der Waals surface area (Å²) in [5.41, 5.74) is 7.66. The number of nitrogens with two attached hydrogens (primary N) is 1. The molecule has 0 aromatic heterocycles. The number of anilines is 2. The van der Waals surface area contributed by atoms with E-state index < -0.39 is 0 Å². The molecule has 1 aliphatic heterocycles. The standard InChI is InChI=1S/C13H18N4/c1-16-8-9-17(10-13(16)6-7-14)12-4-2-11(15)3-5-12/h2-5,13H,6,8-10,15H2,1H3. The maximum atomic E-state index is 8.82. The first-order valence-corrected chi connectivity index (χ1v) is 5.88. The Morgan fingerprint density at radius 2 is 2.06 bits per heavy atom. The lowest BCUT2D eigenvalue weighted by Crippen LogP contribution is -2.51. The molecule has 0 radical (unpaired) electrons. The van der Waals surface area contributed by atoms with Crippen LogP contribution in [-0.4, -0.2) is 37.6 Å². The molecule has 0 amide bonds. The third-order valence-electron chi connectivity index (χ3n) is 3.36. The Morgan fingerprint density at radius 3 is 2.71 bits per heavy atom. The normalized spacial score (nSPS) is 21.2. The van der Waals surface area contributed by atoms with Crippen LogP contribution in [0.2, 0.25) is 0 Å². The summed E-state index contributed by atoms with van der Waals surface area (Å²) in [5, 5.41) is 8.82. The lowest BCUT2D eigenvalue weighted by molar-refractivity contribution is 0.221. The van der Waals surface area contributed by atoms with Crippen molar-refractivity contribution in [2.75, 3.05) is 37.3 Å². The Morgan fingerprint density at radius 1 is 1.35 bits per heavy atom. The molecule has 0 bridgehead atoms. The van der Waals surface area contributed by atoms with Gasteiger partial charge in [0, 0.05) is 37.1 Å². The fraction of sp³-hybridized carbons (Fsp3) is 0.462. The zero-order valence-corrected chi connectivity index (χ0v) is 10.1. The summed E-state index contributed by atoms with van der Waals surface area (Å²) in [4.78, 5) is 4.58. The molecule has 2 rings (SSSR count). The molecule has 0 spiro atoms. The zero-order chi connectivity index (χ0) is 12.3. The summed E-state index contributed by atoms with van der Waals surface area (Å²) >= 11 is 0. The summed E-state index contributed by atoms with van der Waals surface area (Å²) in [7, 11) is 2.09. The average Bonchev–Trinajstić information content (AvgIpc) is 2.33. The van der Waals surface area contributed by atoms with Crippen LogP contribution in [0.4, 0.5) is 11.4 Å². The minimum atomic E-state index is 0.325. The first-order valence-electron chi connectivity index (χ1n) is 5.88. The Hall–Kier alpha value is -1.73. The van der Waals surface area contributed by atoms with E-state index in [1.807, 2.05) is 24.3 Å². The second-order valence-corrected chi connectivity index (χ2v) is 4.53. The van der Waals surface area contributed by atoms with Crippen molar-refractivity contribution < 1.29 is 0 Å². The van der Waals surface area contributed by atoms with Crippen molar-refractivity contribution in [3.63, 3.8) is 0 Å². The van der Waals surface area contributed by atoms with E-state index in [0.29, 0.717) is 12.5 Å². The maximum absolute atomic E-state index is 8.82. The van der Waals surface area contributed by atoms with Crippen LogP contribution in [-0.2, 0) is 0 Å². The molecule has 1 unspecified atom stereocenters. The van der Waals surface area contributed by atoms with E-state index in [4.69, 9.17) is 11.0 Å². The van der Waals surface area contributed by atoms with Gasteiger partial charge < -0.3 is 10.6 Å². The topological polar surface area (TPSA) is 56.3 Å². The highest BCUT2D eigenvalue weighted by molar-refractivity contribution is 5.53. The van der Waals surface area contributed by atoms with Gasteiger partial charge in [-0.05, 0) is 31.3 Å². The van der Waals surface area contributed by atoms with Crippen LogP contribution >= 0.6 is 0 Å². The third kappa shape index (κ3) is 2.69. The zero-order valence-electron chi connectivity index (χ0n) is 10.1. The molecule has 4 heteroatoms. The number of rotatable bonds is 2. The number of nitrogen functional groups attached to an aromatic ring is 1. The number of likely N-dealkylation sites (N-methyl/N-ethyl adjacent to an activating group) is 1. The fourth-order valence-electron chi connectivity index (χ4n) is 2.19. The highest BCUT2D eigenvalue weighted by Gasteiger charge is 2.23. The fourth-order valence-corrected chi connectivity index (χ4v) is 2.19. The predicted octanol–water partition coefficient (Wildman–Crippen LogP) is 1.30. The van der Waals surface area contributed by atoms with Crippen molar-refractivity contribution in [3.05, 3.63) is 24.3 Å². The Balaban J connectivity index is 2.08. The highest BCUT2D eigenvalue weighted by Crippen LogP contribution is 2.20. The minimum absolute atomic E-state index is 0.325. The van der Waals surface area contributed by atoms with Gasteiger partial charge in [0.2, 0.25) is 0 Å². The lowest BCUT2D eigenvalue weighted by Gasteiger charge is -2.39. The summed E-state index contributed by atoms with van der Waals surface area (Å²) in [5.74, 6) is 0. The second-order valence-electron chi connectivity index (χ2n) is 4.53. The number of hydrogen-bond donors (Lipinski definition) is 1. The van der Waals surface area contributed by atoms with Crippen LogP contribution in [0.5, 0.6) is 0 Å². The van der Waals surface area contributed by atoms with Crippen LogP contribution in [0, 0.1) is 11.3 Å². The highest BCUT2D eigenvalue weighted by atomic mass is 15.3. The van der Waals surface area contributed by atoms with Crippen LogP contribution < -0.4 is 10.6 Å². The van der Waals surface area contributed by atoms with Gasteiger partial charge in [0.1, 0.15) is 0 Å². The molecule has 2 N–H and O–H groups in total. The first-order chi connectivity index (χ1) is 8.20. The number of hydrogen-bond acceptors (Lipinski definition) is 4. The number of nitriles is 1. The molecule has 1 saturated heterocycles. The van der Waals surface area contributed by atoms with E-state index in [-0.39, 0.29) is 0 Å². The molecular weight excluding hydrogens is 212 g/mol. The quantitative estimate of drug-likeness (QED) is 0.778. The Kier molecular flexibility index (Phi) is 3.50. The van der Waals surface area contributed by atoms with Crippen LogP contribution in [0.25, 0.3) is 0 Å². The van der Waals surface area contributed by atoms with E-state index in [1.54, 1.807) is 0 Å². The van der Waals surface area contributed by atoms with Crippen LogP contribution in [0.1, 0.15) is 6.42 Å². The van der Waals surface area contributed by atoms with Crippen LogP contribution in [0.3, 0.4) is 0 Å². The molecule has 90 valence electrons. The van der Waals surface area contributed by atoms with Gasteiger partial charge in [-0.3, -0.25) is 4.90 Å². The van der Waals surface area contributed by atoms with Gasteiger partial charge in [0.15, 0.2) is 0 Å². The molecule has 1 atom stereocenters. The Bertz CT molecular complexity index is 406. The minimum Gasteiger partial charge on any atom is -0.399 e. The predicted molar refractivity (Wildman–Crippen MR) is 69.7 cm³/mol. The van der Waals surface area contributed by atoms with Gasteiger partial charge in [0.05, 0.1) is 12.5 Å². The van der Waals surface area contributed by atoms with Gasteiger partial charge >= 0.3 is 0 Å².